The SMILES string of the molecule is CS(=O)(=O)CCN1CCN(C(=O)c2cn(Cc3ccccc3)c3ccccc23)CC1. The van der Waals surface area contributed by atoms with Crippen LogP contribution in [0.1, 0.15) is 15.9 Å². The van der Waals surface area contributed by atoms with E-state index in [9.17, 15) is 13.2 Å². The molecule has 1 fully saturated rings. The minimum atomic E-state index is -2.97. The van der Waals surface area contributed by atoms with Crippen LogP contribution in [0.5, 0.6) is 0 Å². The number of fused-ring (bicyclic) bond motifs is 1. The molecule has 2 heterocycles. The van der Waals surface area contributed by atoms with E-state index in [0.717, 1.165) is 16.5 Å². The van der Waals surface area contributed by atoms with Gasteiger partial charge in [0.2, 0.25) is 0 Å². The van der Waals surface area contributed by atoms with Crippen LogP contribution in [-0.2, 0) is 16.4 Å². The average Bonchev–Trinajstić information content (AvgIpc) is 3.11. The summed E-state index contributed by atoms with van der Waals surface area (Å²) < 4.78 is 24.9. The number of piperazine rings is 1. The van der Waals surface area contributed by atoms with E-state index in [2.05, 4.69) is 27.7 Å². The Morgan fingerprint density at radius 2 is 1.60 bits per heavy atom. The summed E-state index contributed by atoms with van der Waals surface area (Å²) in [7, 11) is -2.97. The van der Waals surface area contributed by atoms with Gasteiger partial charge in [-0.1, -0.05) is 48.5 Å². The number of hydrogen-bond acceptors (Lipinski definition) is 4. The van der Waals surface area contributed by atoms with Gasteiger partial charge in [0.15, 0.2) is 0 Å². The third kappa shape index (κ3) is 4.74. The normalized spacial score (nSPS) is 15.6. The van der Waals surface area contributed by atoms with Gasteiger partial charge >= 0.3 is 0 Å². The zero-order valence-corrected chi connectivity index (χ0v) is 18.0. The number of benzene rings is 2. The Labute approximate surface area is 177 Å². The Morgan fingerprint density at radius 1 is 0.933 bits per heavy atom. The monoisotopic (exact) mass is 425 g/mol. The minimum absolute atomic E-state index is 0.0424. The summed E-state index contributed by atoms with van der Waals surface area (Å²) in [6.45, 7) is 3.86. The van der Waals surface area contributed by atoms with Gasteiger partial charge < -0.3 is 9.47 Å². The molecule has 0 atom stereocenters. The third-order valence-electron chi connectivity index (χ3n) is 5.65. The van der Waals surface area contributed by atoms with Crippen LogP contribution in [0, 0.1) is 0 Å². The number of sulfone groups is 1. The first-order valence-electron chi connectivity index (χ1n) is 10.2. The smallest absolute Gasteiger partial charge is 0.256 e. The van der Waals surface area contributed by atoms with E-state index >= 15 is 0 Å². The van der Waals surface area contributed by atoms with Gasteiger partial charge in [-0.15, -0.1) is 0 Å². The highest BCUT2D eigenvalue weighted by Crippen LogP contribution is 2.24. The van der Waals surface area contributed by atoms with Crippen molar-refractivity contribution in [2.24, 2.45) is 0 Å². The van der Waals surface area contributed by atoms with E-state index < -0.39 is 9.84 Å². The Bertz CT molecular complexity index is 1130. The number of aromatic nitrogens is 1. The van der Waals surface area contributed by atoms with Crippen molar-refractivity contribution in [3.63, 3.8) is 0 Å². The van der Waals surface area contributed by atoms with E-state index in [1.54, 1.807) is 0 Å². The van der Waals surface area contributed by atoms with E-state index in [1.807, 2.05) is 47.5 Å². The zero-order chi connectivity index (χ0) is 21.1. The lowest BCUT2D eigenvalue weighted by molar-refractivity contribution is 0.0646. The van der Waals surface area contributed by atoms with Crippen LogP contribution in [0.3, 0.4) is 0 Å². The summed E-state index contributed by atoms with van der Waals surface area (Å²) in [5.41, 5.74) is 2.97. The van der Waals surface area contributed by atoms with Gasteiger partial charge in [0, 0.05) is 62.6 Å². The second-order valence-electron chi connectivity index (χ2n) is 7.94. The van der Waals surface area contributed by atoms with Crippen molar-refractivity contribution in [2.75, 3.05) is 44.7 Å². The number of carbonyl (C=O) groups is 1. The molecule has 3 aromatic rings. The minimum Gasteiger partial charge on any atom is -0.342 e. The average molecular weight is 426 g/mol. The Kier molecular flexibility index (Phi) is 5.92. The van der Waals surface area contributed by atoms with Crippen molar-refractivity contribution >= 4 is 26.6 Å². The molecular formula is C23H27N3O3S. The number of amides is 1. The van der Waals surface area contributed by atoms with Crippen molar-refractivity contribution in [3.8, 4) is 0 Å². The summed E-state index contributed by atoms with van der Waals surface area (Å²) in [6, 6.07) is 18.3. The van der Waals surface area contributed by atoms with Crippen molar-refractivity contribution in [1.29, 1.82) is 0 Å². The fourth-order valence-electron chi connectivity index (χ4n) is 3.97. The third-order valence-corrected chi connectivity index (χ3v) is 6.58. The fourth-order valence-corrected chi connectivity index (χ4v) is 4.56. The number of carbonyl (C=O) groups excluding carboxylic acids is 1. The predicted molar refractivity (Wildman–Crippen MR) is 120 cm³/mol. The molecule has 0 aliphatic carbocycles. The lowest BCUT2D eigenvalue weighted by Crippen LogP contribution is -2.49. The molecule has 4 rings (SSSR count). The molecule has 0 N–H and O–H groups in total. The van der Waals surface area contributed by atoms with E-state index in [1.165, 1.54) is 11.8 Å². The van der Waals surface area contributed by atoms with Crippen LogP contribution >= 0.6 is 0 Å². The van der Waals surface area contributed by atoms with Crippen molar-refractivity contribution in [1.82, 2.24) is 14.4 Å². The molecule has 0 bridgehead atoms. The molecule has 0 spiro atoms. The number of rotatable bonds is 6. The molecule has 1 aromatic heterocycles. The summed E-state index contributed by atoms with van der Waals surface area (Å²) in [6.07, 6.45) is 3.23. The highest BCUT2D eigenvalue weighted by atomic mass is 32.2. The van der Waals surface area contributed by atoms with Crippen LogP contribution in [-0.4, -0.2) is 73.4 Å². The molecular weight excluding hydrogens is 398 g/mol. The lowest BCUT2D eigenvalue weighted by Gasteiger charge is -2.34. The first-order valence-corrected chi connectivity index (χ1v) is 12.3. The highest BCUT2D eigenvalue weighted by Gasteiger charge is 2.25. The fraction of sp³-hybridized carbons (Fsp3) is 0.348. The molecule has 7 heteroatoms. The standard InChI is InChI=1S/C23H27N3O3S/c1-30(28,29)16-15-24-11-13-25(14-12-24)23(27)21-18-26(17-19-7-3-2-4-8-19)22-10-6-5-9-20(21)22/h2-10,18H,11-17H2,1H3. The molecule has 2 aromatic carbocycles. The molecule has 0 unspecified atom stereocenters. The largest absolute Gasteiger partial charge is 0.342 e. The van der Waals surface area contributed by atoms with Gasteiger partial charge in [-0.3, -0.25) is 9.69 Å². The lowest BCUT2D eigenvalue weighted by atomic mass is 10.1. The van der Waals surface area contributed by atoms with Crippen molar-refractivity contribution < 1.29 is 13.2 Å². The molecule has 1 aliphatic heterocycles. The van der Waals surface area contributed by atoms with Crippen molar-refractivity contribution in [2.45, 2.75) is 6.54 Å². The van der Waals surface area contributed by atoms with E-state index in [4.69, 9.17) is 0 Å². The number of para-hydroxylation sites is 1. The molecule has 0 saturated carbocycles. The summed E-state index contributed by atoms with van der Waals surface area (Å²) >= 11 is 0. The second-order valence-corrected chi connectivity index (χ2v) is 10.2. The van der Waals surface area contributed by atoms with E-state index in [0.29, 0.717) is 39.3 Å². The van der Waals surface area contributed by atoms with Gasteiger partial charge in [0.05, 0.1) is 11.3 Å². The van der Waals surface area contributed by atoms with Crippen LogP contribution < -0.4 is 0 Å². The molecule has 0 radical (unpaired) electrons. The highest BCUT2D eigenvalue weighted by molar-refractivity contribution is 7.90. The quantitative estimate of drug-likeness (QED) is 0.609. The Balaban J connectivity index is 1.50. The first kappa shape index (κ1) is 20.6. The summed E-state index contributed by atoms with van der Waals surface area (Å²) in [5, 5.41) is 0.970. The molecule has 158 valence electrons. The van der Waals surface area contributed by atoms with Gasteiger partial charge in [-0.25, -0.2) is 8.42 Å². The van der Waals surface area contributed by atoms with Gasteiger partial charge in [-0.2, -0.15) is 0 Å². The van der Waals surface area contributed by atoms with Crippen LogP contribution in [0.4, 0.5) is 0 Å². The van der Waals surface area contributed by atoms with Gasteiger partial charge in [0.25, 0.3) is 5.91 Å². The van der Waals surface area contributed by atoms with Crippen LogP contribution in [0.25, 0.3) is 10.9 Å². The Morgan fingerprint density at radius 3 is 2.30 bits per heavy atom. The van der Waals surface area contributed by atoms with E-state index in [-0.39, 0.29) is 11.7 Å². The molecule has 1 aliphatic rings. The first-order chi connectivity index (χ1) is 14.4. The maximum Gasteiger partial charge on any atom is 0.256 e. The predicted octanol–water partition coefficient (Wildman–Crippen LogP) is 2.49. The zero-order valence-electron chi connectivity index (χ0n) is 17.2. The second kappa shape index (κ2) is 8.62. The summed E-state index contributed by atoms with van der Waals surface area (Å²) in [4.78, 5) is 17.3. The Hall–Kier alpha value is -2.64. The maximum atomic E-state index is 13.3. The molecule has 1 amide bonds. The molecule has 6 nitrogen and oxygen atoms in total. The molecule has 30 heavy (non-hydrogen) atoms. The number of nitrogens with zero attached hydrogens (tertiary/aromatic N) is 3. The topological polar surface area (TPSA) is 62.6 Å². The van der Waals surface area contributed by atoms with Crippen molar-refractivity contribution in [3.05, 3.63) is 71.9 Å². The summed E-state index contributed by atoms with van der Waals surface area (Å²) in [5.74, 6) is 0.203. The number of hydrogen-bond donors (Lipinski definition) is 0. The van der Waals surface area contributed by atoms with Gasteiger partial charge in [-0.05, 0) is 11.6 Å². The van der Waals surface area contributed by atoms with Crippen LogP contribution in [0.15, 0.2) is 60.8 Å². The van der Waals surface area contributed by atoms with Crippen LogP contribution in [0.2, 0.25) is 0 Å². The maximum absolute atomic E-state index is 13.3. The van der Waals surface area contributed by atoms with Gasteiger partial charge in [0.1, 0.15) is 9.84 Å². The molecule has 1 saturated heterocycles.